The van der Waals surface area contributed by atoms with E-state index in [1.807, 2.05) is 0 Å². The maximum atomic E-state index is 12.5. The summed E-state index contributed by atoms with van der Waals surface area (Å²) in [6, 6.07) is 1.83. The number of amides is 4. The molecule has 12 nitrogen and oxygen atoms in total. The van der Waals surface area contributed by atoms with E-state index in [2.05, 4.69) is 33.9 Å². The molecule has 38 heavy (non-hydrogen) atoms. The summed E-state index contributed by atoms with van der Waals surface area (Å²) in [5, 5.41) is 8.93. The summed E-state index contributed by atoms with van der Waals surface area (Å²) in [4.78, 5) is 83.5. The fraction of sp³-hybridized carbons (Fsp3) is 0.480. The first-order valence-electron chi connectivity index (χ1n) is 12.4. The molecule has 4 amide bonds. The van der Waals surface area contributed by atoms with Crippen LogP contribution in [0.1, 0.15) is 47.5 Å². The minimum atomic E-state index is -1.38. The van der Waals surface area contributed by atoms with Gasteiger partial charge in [-0.1, -0.05) is 19.1 Å². The number of carbonyl (C=O) groups is 7. The number of esters is 1. The van der Waals surface area contributed by atoms with E-state index >= 15 is 0 Å². The lowest BCUT2D eigenvalue weighted by Crippen LogP contribution is -2.51. The monoisotopic (exact) mass is 552 g/mol. The molecule has 0 aliphatic heterocycles. The van der Waals surface area contributed by atoms with Crippen LogP contribution in [0.5, 0.6) is 5.75 Å². The third kappa shape index (κ3) is 11.5. The first-order valence-corrected chi connectivity index (χ1v) is 12.4. The van der Waals surface area contributed by atoms with Gasteiger partial charge >= 0.3 is 5.97 Å². The van der Waals surface area contributed by atoms with Crippen LogP contribution in [-0.4, -0.2) is 71.6 Å². The van der Waals surface area contributed by atoms with Crippen LogP contribution in [0.25, 0.3) is 0 Å². The number of thiol groups is 1. The predicted octanol–water partition coefficient (Wildman–Crippen LogP) is -0.370. The van der Waals surface area contributed by atoms with Crippen molar-refractivity contribution >= 4 is 54.8 Å². The SMILES string of the molecule is [3H]C(=O)C(C)NC(=O)C(CC(=O)Oc1ccc(CC(NC(=O)CC)C(=O)NC(C)C=O)cc1)NC(=O)C(C)S. The Morgan fingerprint density at radius 2 is 1.47 bits per heavy atom. The van der Waals surface area contributed by atoms with Crippen molar-refractivity contribution < 1.29 is 39.7 Å². The Hall–Kier alpha value is -3.74. The lowest BCUT2D eigenvalue weighted by Gasteiger charge is -2.20. The molecule has 0 saturated carbocycles. The van der Waals surface area contributed by atoms with Gasteiger partial charge in [-0.3, -0.25) is 24.0 Å². The molecule has 0 radical (unpaired) electrons. The lowest BCUT2D eigenvalue weighted by molar-refractivity contribution is -0.138. The molecule has 0 bridgehead atoms. The molecule has 5 atom stereocenters. The van der Waals surface area contributed by atoms with Crippen LogP contribution in [0.4, 0.5) is 0 Å². The second-order valence-electron chi connectivity index (χ2n) is 8.52. The molecule has 0 heterocycles. The second-order valence-corrected chi connectivity index (χ2v) is 9.29. The number of nitrogens with one attached hydrogen (secondary N) is 4. The average Bonchev–Trinajstić information content (AvgIpc) is 2.88. The normalized spacial score (nSPS) is 14.8. The van der Waals surface area contributed by atoms with Crippen molar-refractivity contribution in [2.75, 3.05) is 0 Å². The number of aldehydes is 2. The summed E-state index contributed by atoms with van der Waals surface area (Å²) in [6.45, 7) is 5.89. The van der Waals surface area contributed by atoms with E-state index in [1.54, 1.807) is 19.1 Å². The quantitative estimate of drug-likeness (QED) is 0.0847. The van der Waals surface area contributed by atoms with E-state index in [9.17, 15) is 33.6 Å². The van der Waals surface area contributed by atoms with Gasteiger partial charge < -0.3 is 35.6 Å². The molecule has 0 saturated heterocycles. The van der Waals surface area contributed by atoms with Crippen LogP contribution in [0.2, 0.25) is 0 Å². The van der Waals surface area contributed by atoms with Crippen molar-refractivity contribution in [3.8, 4) is 5.75 Å². The molecule has 1 aromatic rings. The molecular formula is C25H34N4O8S. The Balaban J connectivity index is 2.92. The fourth-order valence-electron chi connectivity index (χ4n) is 2.98. The molecule has 4 N–H and O–H groups in total. The van der Waals surface area contributed by atoms with E-state index in [-0.39, 0.29) is 24.5 Å². The van der Waals surface area contributed by atoms with Gasteiger partial charge in [0.2, 0.25) is 23.6 Å². The summed E-state index contributed by atoms with van der Waals surface area (Å²) in [7, 11) is 0. The summed E-state index contributed by atoms with van der Waals surface area (Å²) < 4.78 is 12.3. The molecule has 1 aromatic carbocycles. The Labute approximate surface area is 227 Å². The predicted molar refractivity (Wildman–Crippen MR) is 140 cm³/mol. The highest BCUT2D eigenvalue weighted by Gasteiger charge is 2.27. The lowest BCUT2D eigenvalue weighted by atomic mass is 10.0. The summed E-state index contributed by atoms with van der Waals surface area (Å²) in [5.74, 6) is -3.11. The summed E-state index contributed by atoms with van der Waals surface area (Å²) in [6.07, 6.45) is -0.800. The second kappa shape index (κ2) is 16.2. The van der Waals surface area contributed by atoms with E-state index in [1.165, 1.54) is 32.9 Å². The topological polar surface area (TPSA) is 177 Å². The van der Waals surface area contributed by atoms with Crippen molar-refractivity contribution in [3.05, 3.63) is 29.8 Å². The van der Waals surface area contributed by atoms with Crippen LogP contribution in [0, 0.1) is 0 Å². The third-order valence-corrected chi connectivity index (χ3v) is 5.30. The smallest absolute Gasteiger partial charge is 0.313 e. The van der Waals surface area contributed by atoms with Crippen molar-refractivity contribution in [1.29, 1.82) is 0 Å². The maximum absolute atomic E-state index is 12.5. The molecule has 0 fully saturated rings. The Bertz CT molecular complexity index is 1070. The van der Waals surface area contributed by atoms with Gasteiger partial charge in [-0.05, 0) is 38.5 Å². The minimum absolute atomic E-state index is 0.0977. The van der Waals surface area contributed by atoms with Crippen molar-refractivity contribution in [3.63, 3.8) is 0 Å². The highest BCUT2D eigenvalue weighted by molar-refractivity contribution is 7.81. The van der Waals surface area contributed by atoms with Crippen LogP contribution >= 0.6 is 12.6 Å². The highest BCUT2D eigenvalue weighted by Crippen LogP contribution is 2.15. The molecule has 0 aliphatic carbocycles. The zero-order valence-corrected chi connectivity index (χ0v) is 22.5. The molecule has 13 heteroatoms. The van der Waals surface area contributed by atoms with E-state index in [0.29, 0.717) is 11.8 Å². The fourth-order valence-corrected chi connectivity index (χ4v) is 3.05. The van der Waals surface area contributed by atoms with E-state index in [0.717, 1.165) is 0 Å². The molecule has 0 spiro atoms. The van der Waals surface area contributed by atoms with Crippen LogP contribution in [-0.2, 0) is 40.0 Å². The largest absolute Gasteiger partial charge is 0.426 e. The van der Waals surface area contributed by atoms with Crippen molar-refractivity contribution in [2.45, 2.75) is 76.4 Å². The van der Waals surface area contributed by atoms with Gasteiger partial charge in [0.1, 0.15) is 31.8 Å². The molecule has 0 aromatic heterocycles. The van der Waals surface area contributed by atoms with Gasteiger partial charge in [0.15, 0.2) is 0 Å². The average molecular weight is 553 g/mol. The van der Waals surface area contributed by atoms with Gasteiger partial charge in [-0.2, -0.15) is 12.6 Å². The van der Waals surface area contributed by atoms with E-state index < -0.39 is 65.8 Å². The Kier molecular flexibility index (Phi) is 13.0. The molecule has 1 rings (SSSR count). The molecule has 0 aliphatic rings. The minimum Gasteiger partial charge on any atom is -0.426 e. The Morgan fingerprint density at radius 3 is 2.00 bits per heavy atom. The third-order valence-electron chi connectivity index (χ3n) is 5.06. The molecule has 208 valence electrons. The summed E-state index contributed by atoms with van der Waals surface area (Å²) in [5.41, 5.74) is 0.617. The number of rotatable bonds is 15. The van der Waals surface area contributed by atoms with Gasteiger partial charge in [0.05, 0.1) is 23.8 Å². The highest BCUT2D eigenvalue weighted by atomic mass is 32.1. The Morgan fingerprint density at radius 1 is 0.895 bits per heavy atom. The zero-order valence-electron chi connectivity index (χ0n) is 22.6. The van der Waals surface area contributed by atoms with Gasteiger partial charge in [0.25, 0.3) is 0 Å². The molecule has 5 unspecified atom stereocenters. The van der Waals surface area contributed by atoms with Crippen molar-refractivity contribution in [2.24, 2.45) is 0 Å². The first kappa shape index (κ1) is 30.5. The number of ether oxygens (including phenoxy) is 1. The maximum Gasteiger partial charge on any atom is 0.313 e. The number of hydrogen-bond acceptors (Lipinski definition) is 9. The number of carbonyl (C=O) groups excluding carboxylic acids is 7. The number of benzene rings is 1. The van der Waals surface area contributed by atoms with Gasteiger partial charge in [-0.15, -0.1) is 0 Å². The molecular weight excluding hydrogens is 516 g/mol. The van der Waals surface area contributed by atoms with Crippen LogP contribution in [0.3, 0.4) is 0 Å². The van der Waals surface area contributed by atoms with Crippen molar-refractivity contribution in [1.82, 2.24) is 21.3 Å². The van der Waals surface area contributed by atoms with Gasteiger partial charge in [-0.25, -0.2) is 0 Å². The standard InChI is InChI=1S/C25H34N4O8S/c1-5-21(32)28-19(24(35)26-14(2)12-30)10-17-6-8-18(9-7-17)37-22(33)11-20(29-23(34)16(4)38)25(36)27-15(3)13-31/h6-9,12-16,19-20,38H,5,10-11H2,1-4H3,(H,26,35)(H,27,36)(H,28,32)(H,29,34)/i13T. The first-order chi connectivity index (χ1) is 18.3. The van der Waals surface area contributed by atoms with Crippen LogP contribution in [0.15, 0.2) is 24.3 Å². The van der Waals surface area contributed by atoms with E-state index in [4.69, 9.17) is 6.11 Å². The van der Waals surface area contributed by atoms with Gasteiger partial charge in [0, 0.05) is 12.8 Å². The number of hydrogen-bond donors (Lipinski definition) is 5. The zero-order chi connectivity index (χ0) is 29.7. The van der Waals surface area contributed by atoms with Crippen LogP contribution < -0.4 is 26.0 Å². The summed E-state index contributed by atoms with van der Waals surface area (Å²) >= 11 is 3.99.